The van der Waals surface area contributed by atoms with Crippen LogP contribution in [-0.2, 0) is 0 Å². The van der Waals surface area contributed by atoms with E-state index in [1.807, 2.05) is 24.3 Å². The maximum atomic E-state index is 11.7. The van der Waals surface area contributed by atoms with Gasteiger partial charge in [-0.3, -0.25) is 4.79 Å². The molecule has 88 valence electrons. The molecule has 1 aromatic carbocycles. The van der Waals surface area contributed by atoms with E-state index in [0.717, 1.165) is 10.2 Å². The highest BCUT2D eigenvalue weighted by Crippen LogP contribution is 2.14. The molecule has 17 heavy (non-hydrogen) atoms. The predicted molar refractivity (Wildman–Crippen MR) is 67.1 cm³/mol. The maximum Gasteiger partial charge on any atom is 0.275 e. The quantitative estimate of drug-likeness (QED) is 0.848. The van der Waals surface area contributed by atoms with Crippen molar-refractivity contribution in [3.63, 3.8) is 0 Å². The highest BCUT2D eigenvalue weighted by molar-refractivity contribution is 9.10. The largest absolute Gasteiger partial charge is 0.343 e. The lowest BCUT2D eigenvalue weighted by Gasteiger charge is -2.05. The zero-order chi connectivity index (χ0) is 12.4. The van der Waals surface area contributed by atoms with Gasteiger partial charge in [-0.05, 0) is 18.2 Å². The minimum absolute atomic E-state index is 0.161. The van der Waals surface area contributed by atoms with Gasteiger partial charge in [0.05, 0.1) is 11.9 Å². The van der Waals surface area contributed by atoms with Gasteiger partial charge in [0.1, 0.15) is 0 Å². The number of aromatic nitrogens is 3. The summed E-state index contributed by atoms with van der Waals surface area (Å²) in [6.07, 6.45) is 1.62. The lowest BCUT2D eigenvalue weighted by Crippen LogP contribution is -2.21. The summed E-state index contributed by atoms with van der Waals surface area (Å²) in [4.78, 5) is 13.1. The van der Waals surface area contributed by atoms with Gasteiger partial charge in [-0.25, -0.2) is 4.68 Å². The van der Waals surface area contributed by atoms with Gasteiger partial charge in [-0.1, -0.05) is 27.2 Å². The monoisotopic (exact) mass is 294 g/mol. The van der Waals surface area contributed by atoms with Crippen LogP contribution in [0.2, 0.25) is 0 Å². The smallest absolute Gasteiger partial charge is 0.275 e. The minimum Gasteiger partial charge on any atom is -0.343 e. The minimum atomic E-state index is -0.161. The fraction of sp³-hybridized carbons (Fsp3) is 0.182. The Morgan fingerprint density at radius 2 is 2.18 bits per heavy atom. The normalized spacial score (nSPS) is 10.3. The van der Waals surface area contributed by atoms with Crippen molar-refractivity contribution in [1.82, 2.24) is 19.9 Å². The number of hydrogen-bond acceptors (Lipinski definition) is 3. The first-order valence-corrected chi connectivity index (χ1v) is 5.77. The summed E-state index contributed by atoms with van der Waals surface area (Å²) >= 11 is 3.38. The van der Waals surface area contributed by atoms with Crippen molar-refractivity contribution >= 4 is 21.8 Å². The summed E-state index contributed by atoms with van der Waals surface area (Å²) in [6.45, 7) is 0. The van der Waals surface area contributed by atoms with Crippen LogP contribution in [0.1, 0.15) is 10.5 Å². The lowest BCUT2D eigenvalue weighted by molar-refractivity contribution is 0.0822. The molecule has 0 saturated heterocycles. The second-order valence-corrected chi connectivity index (χ2v) is 4.64. The molecule has 5 nitrogen and oxygen atoms in total. The van der Waals surface area contributed by atoms with Gasteiger partial charge in [0.15, 0.2) is 5.69 Å². The van der Waals surface area contributed by atoms with E-state index in [-0.39, 0.29) is 5.91 Å². The summed E-state index contributed by atoms with van der Waals surface area (Å²) < 4.78 is 2.52. The summed E-state index contributed by atoms with van der Waals surface area (Å²) in [5.41, 5.74) is 1.18. The predicted octanol–water partition coefficient (Wildman–Crippen LogP) is 1.73. The van der Waals surface area contributed by atoms with Gasteiger partial charge in [0.2, 0.25) is 0 Å². The van der Waals surface area contributed by atoms with Crippen LogP contribution in [-0.4, -0.2) is 39.9 Å². The van der Waals surface area contributed by atoms with E-state index in [2.05, 4.69) is 26.2 Å². The van der Waals surface area contributed by atoms with Crippen LogP contribution in [0.25, 0.3) is 5.69 Å². The van der Waals surface area contributed by atoms with E-state index in [0.29, 0.717) is 5.69 Å². The molecule has 1 aromatic heterocycles. The molecule has 0 spiro atoms. The average Bonchev–Trinajstić information content (AvgIpc) is 2.77. The third-order valence-corrected chi connectivity index (χ3v) is 2.68. The lowest BCUT2D eigenvalue weighted by atomic mass is 10.3. The van der Waals surface area contributed by atoms with E-state index in [1.54, 1.807) is 25.0 Å². The van der Waals surface area contributed by atoms with E-state index >= 15 is 0 Å². The number of carbonyl (C=O) groups excluding carboxylic acids is 1. The first-order valence-electron chi connectivity index (χ1n) is 4.98. The molecule has 0 bridgehead atoms. The molecule has 0 atom stereocenters. The SMILES string of the molecule is CN(C)C(=O)c1cn(-c2cccc(Br)c2)nn1. The van der Waals surface area contributed by atoms with Crippen LogP contribution in [0.5, 0.6) is 0 Å². The summed E-state index contributed by atoms with van der Waals surface area (Å²) in [5, 5.41) is 7.78. The Bertz CT molecular complexity index is 550. The van der Waals surface area contributed by atoms with Crippen LogP contribution >= 0.6 is 15.9 Å². The topological polar surface area (TPSA) is 51.0 Å². The first kappa shape index (κ1) is 11.8. The second kappa shape index (κ2) is 4.67. The van der Waals surface area contributed by atoms with E-state index in [1.165, 1.54) is 4.90 Å². The van der Waals surface area contributed by atoms with Crippen molar-refractivity contribution in [3.05, 3.63) is 40.6 Å². The standard InChI is InChI=1S/C11H11BrN4O/c1-15(2)11(17)10-7-16(14-13-10)9-5-3-4-8(12)6-9/h3-7H,1-2H3. The van der Waals surface area contributed by atoms with Crippen molar-refractivity contribution in [2.45, 2.75) is 0 Å². The van der Waals surface area contributed by atoms with E-state index in [4.69, 9.17) is 0 Å². The van der Waals surface area contributed by atoms with Crippen LogP contribution in [0.4, 0.5) is 0 Å². The van der Waals surface area contributed by atoms with E-state index < -0.39 is 0 Å². The van der Waals surface area contributed by atoms with E-state index in [9.17, 15) is 4.79 Å². The molecule has 6 heteroatoms. The maximum absolute atomic E-state index is 11.7. The van der Waals surface area contributed by atoms with Gasteiger partial charge < -0.3 is 4.90 Å². The van der Waals surface area contributed by atoms with Crippen LogP contribution in [0.3, 0.4) is 0 Å². The fourth-order valence-electron chi connectivity index (χ4n) is 1.34. The van der Waals surface area contributed by atoms with Gasteiger partial charge >= 0.3 is 0 Å². The van der Waals surface area contributed by atoms with Crippen molar-refractivity contribution < 1.29 is 4.79 Å². The van der Waals surface area contributed by atoms with Crippen molar-refractivity contribution in [2.24, 2.45) is 0 Å². The Hall–Kier alpha value is -1.69. The Morgan fingerprint density at radius 1 is 1.41 bits per heavy atom. The van der Waals surface area contributed by atoms with Crippen LogP contribution < -0.4 is 0 Å². The molecule has 0 N–H and O–H groups in total. The van der Waals surface area contributed by atoms with Crippen LogP contribution in [0, 0.1) is 0 Å². The third-order valence-electron chi connectivity index (χ3n) is 2.19. The molecule has 2 aromatic rings. The number of rotatable bonds is 2. The molecule has 0 saturated carbocycles. The Kier molecular flexibility index (Phi) is 3.23. The van der Waals surface area contributed by atoms with Crippen molar-refractivity contribution in [3.8, 4) is 5.69 Å². The third kappa shape index (κ3) is 2.52. The molecule has 0 aliphatic carbocycles. The first-order chi connectivity index (χ1) is 8.08. The number of nitrogens with zero attached hydrogens (tertiary/aromatic N) is 4. The zero-order valence-corrected chi connectivity index (χ0v) is 11.0. The molecule has 1 amide bonds. The Morgan fingerprint density at radius 3 is 2.82 bits per heavy atom. The van der Waals surface area contributed by atoms with Gasteiger partial charge in [-0.2, -0.15) is 0 Å². The van der Waals surface area contributed by atoms with Gasteiger partial charge in [0.25, 0.3) is 5.91 Å². The van der Waals surface area contributed by atoms with Gasteiger partial charge in [-0.15, -0.1) is 5.10 Å². The summed E-state index contributed by atoms with van der Waals surface area (Å²) in [6, 6.07) is 7.61. The molecule has 0 unspecified atom stereocenters. The molecular formula is C11H11BrN4O. The molecule has 1 heterocycles. The average molecular weight is 295 g/mol. The molecular weight excluding hydrogens is 284 g/mol. The number of hydrogen-bond donors (Lipinski definition) is 0. The van der Waals surface area contributed by atoms with Crippen LogP contribution in [0.15, 0.2) is 34.9 Å². The number of amides is 1. The van der Waals surface area contributed by atoms with Gasteiger partial charge in [0, 0.05) is 18.6 Å². The highest BCUT2D eigenvalue weighted by Gasteiger charge is 2.13. The van der Waals surface area contributed by atoms with Crippen molar-refractivity contribution in [1.29, 1.82) is 0 Å². The Balaban J connectivity index is 2.33. The molecule has 2 rings (SSSR count). The number of benzene rings is 1. The Labute approximate surface area is 107 Å². The molecule has 0 aliphatic heterocycles. The fourth-order valence-corrected chi connectivity index (χ4v) is 1.72. The zero-order valence-electron chi connectivity index (χ0n) is 9.46. The molecule has 0 aliphatic rings. The highest BCUT2D eigenvalue weighted by atomic mass is 79.9. The summed E-state index contributed by atoms with van der Waals surface area (Å²) in [5.74, 6) is -0.161. The number of halogens is 1. The molecule has 0 fully saturated rings. The number of carbonyl (C=O) groups is 1. The second-order valence-electron chi connectivity index (χ2n) is 3.73. The molecule has 0 radical (unpaired) electrons. The summed E-state index contributed by atoms with van der Waals surface area (Å²) in [7, 11) is 3.36. The van der Waals surface area contributed by atoms with Crippen molar-refractivity contribution in [2.75, 3.05) is 14.1 Å².